The van der Waals surface area contributed by atoms with E-state index in [1.54, 1.807) is 6.07 Å². The highest BCUT2D eigenvalue weighted by molar-refractivity contribution is 5.95. The summed E-state index contributed by atoms with van der Waals surface area (Å²) >= 11 is 0. The van der Waals surface area contributed by atoms with Gasteiger partial charge in [0.2, 0.25) is 0 Å². The molecule has 0 saturated heterocycles. The SMILES string of the molecule is COC(=O)c1c(C#N)ccc(CN)c1OC(F)F. The number of nitriles is 1. The van der Waals surface area contributed by atoms with Crippen LogP contribution in [0.3, 0.4) is 0 Å². The first-order valence-electron chi connectivity index (χ1n) is 4.84. The first-order chi connectivity index (χ1) is 8.54. The van der Waals surface area contributed by atoms with Crippen LogP contribution in [0.4, 0.5) is 8.78 Å². The van der Waals surface area contributed by atoms with Crippen molar-refractivity contribution >= 4 is 5.97 Å². The molecular formula is C11H10F2N2O3. The summed E-state index contributed by atoms with van der Waals surface area (Å²) in [6.07, 6.45) is 0. The number of benzene rings is 1. The van der Waals surface area contributed by atoms with Crippen molar-refractivity contribution in [3.05, 3.63) is 28.8 Å². The fraction of sp³-hybridized carbons (Fsp3) is 0.273. The molecule has 0 atom stereocenters. The number of rotatable bonds is 4. The normalized spacial score (nSPS) is 10.0. The lowest BCUT2D eigenvalue weighted by atomic mass is 10.0. The molecule has 18 heavy (non-hydrogen) atoms. The number of hydrogen-bond acceptors (Lipinski definition) is 5. The molecule has 1 aromatic carbocycles. The van der Waals surface area contributed by atoms with Crippen LogP contribution in [0.15, 0.2) is 12.1 Å². The molecule has 7 heteroatoms. The molecule has 0 saturated carbocycles. The van der Waals surface area contributed by atoms with Crippen LogP contribution in [-0.2, 0) is 11.3 Å². The lowest BCUT2D eigenvalue weighted by Crippen LogP contribution is -2.14. The number of carbonyl (C=O) groups is 1. The van der Waals surface area contributed by atoms with E-state index in [-0.39, 0.29) is 23.2 Å². The molecule has 96 valence electrons. The monoisotopic (exact) mass is 256 g/mol. The largest absolute Gasteiger partial charge is 0.465 e. The van der Waals surface area contributed by atoms with Crippen LogP contribution in [0.25, 0.3) is 0 Å². The van der Waals surface area contributed by atoms with E-state index in [0.29, 0.717) is 0 Å². The van der Waals surface area contributed by atoms with Crippen molar-refractivity contribution < 1.29 is 23.0 Å². The number of nitrogens with zero attached hydrogens (tertiary/aromatic N) is 1. The van der Waals surface area contributed by atoms with Gasteiger partial charge in [-0.15, -0.1) is 0 Å². The Balaban J connectivity index is 3.48. The maximum Gasteiger partial charge on any atom is 0.387 e. The quantitative estimate of drug-likeness (QED) is 0.823. The van der Waals surface area contributed by atoms with Gasteiger partial charge in [0, 0.05) is 12.1 Å². The summed E-state index contributed by atoms with van der Waals surface area (Å²) in [4.78, 5) is 11.5. The van der Waals surface area contributed by atoms with Crippen LogP contribution in [-0.4, -0.2) is 19.7 Å². The number of alkyl halides is 2. The molecule has 0 aliphatic rings. The second-order valence-electron chi connectivity index (χ2n) is 3.16. The Kier molecular flexibility index (Phi) is 4.57. The van der Waals surface area contributed by atoms with E-state index < -0.39 is 18.3 Å². The lowest BCUT2D eigenvalue weighted by Gasteiger charge is -2.14. The smallest absolute Gasteiger partial charge is 0.387 e. The second-order valence-corrected chi connectivity index (χ2v) is 3.16. The van der Waals surface area contributed by atoms with E-state index in [1.165, 1.54) is 12.1 Å². The topological polar surface area (TPSA) is 85.3 Å². The van der Waals surface area contributed by atoms with Gasteiger partial charge < -0.3 is 15.2 Å². The van der Waals surface area contributed by atoms with Gasteiger partial charge in [0.05, 0.1) is 12.7 Å². The Bertz CT molecular complexity index is 498. The molecule has 0 bridgehead atoms. The highest BCUT2D eigenvalue weighted by Gasteiger charge is 2.23. The molecule has 0 spiro atoms. The number of halogens is 2. The first-order valence-corrected chi connectivity index (χ1v) is 4.84. The minimum absolute atomic E-state index is 0.113. The van der Waals surface area contributed by atoms with Crippen LogP contribution >= 0.6 is 0 Å². The van der Waals surface area contributed by atoms with Gasteiger partial charge in [0.1, 0.15) is 17.4 Å². The van der Waals surface area contributed by atoms with Gasteiger partial charge in [-0.25, -0.2) is 4.79 Å². The van der Waals surface area contributed by atoms with Gasteiger partial charge in [-0.1, -0.05) is 6.07 Å². The average Bonchev–Trinajstić information content (AvgIpc) is 2.36. The third kappa shape index (κ3) is 2.73. The summed E-state index contributed by atoms with van der Waals surface area (Å²) in [5.41, 5.74) is 5.10. The minimum Gasteiger partial charge on any atom is -0.465 e. The van der Waals surface area contributed by atoms with Gasteiger partial charge >= 0.3 is 12.6 Å². The summed E-state index contributed by atoms with van der Waals surface area (Å²) in [7, 11) is 1.07. The molecule has 0 aromatic heterocycles. The van der Waals surface area contributed by atoms with Crippen LogP contribution in [0.2, 0.25) is 0 Å². The molecule has 0 aliphatic carbocycles. The van der Waals surface area contributed by atoms with Crippen molar-refractivity contribution in [1.29, 1.82) is 5.26 Å². The summed E-state index contributed by atoms with van der Waals surface area (Å²) in [5, 5.41) is 8.85. The fourth-order valence-electron chi connectivity index (χ4n) is 1.41. The maximum absolute atomic E-state index is 12.3. The predicted octanol–water partition coefficient (Wildman–Crippen LogP) is 1.40. The Labute approximate surface area is 102 Å². The van der Waals surface area contributed by atoms with Crippen molar-refractivity contribution in [2.24, 2.45) is 5.73 Å². The highest BCUT2D eigenvalue weighted by atomic mass is 19.3. The average molecular weight is 256 g/mol. The van der Waals surface area contributed by atoms with Crippen molar-refractivity contribution in [3.8, 4) is 11.8 Å². The minimum atomic E-state index is -3.13. The number of hydrogen-bond donors (Lipinski definition) is 1. The zero-order valence-electron chi connectivity index (χ0n) is 9.44. The Morgan fingerprint density at radius 3 is 2.67 bits per heavy atom. The number of nitrogens with two attached hydrogens (primary N) is 1. The lowest BCUT2D eigenvalue weighted by molar-refractivity contribution is -0.0510. The summed E-state index contributed by atoms with van der Waals surface area (Å²) in [6, 6.07) is 4.36. The number of ether oxygens (including phenoxy) is 2. The molecule has 0 fully saturated rings. The molecule has 2 N–H and O–H groups in total. The zero-order chi connectivity index (χ0) is 13.7. The molecular weight excluding hydrogens is 246 g/mol. The predicted molar refractivity (Wildman–Crippen MR) is 57.0 cm³/mol. The first kappa shape index (κ1) is 13.9. The third-order valence-electron chi connectivity index (χ3n) is 2.18. The maximum atomic E-state index is 12.3. The van der Waals surface area contributed by atoms with E-state index in [0.717, 1.165) is 7.11 Å². The van der Waals surface area contributed by atoms with Crippen molar-refractivity contribution in [1.82, 2.24) is 0 Å². The second kappa shape index (κ2) is 5.93. The van der Waals surface area contributed by atoms with Gasteiger partial charge in [-0.2, -0.15) is 14.0 Å². The summed E-state index contributed by atoms with van der Waals surface area (Å²) in [6.45, 7) is -3.25. The number of esters is 1. The standard InChI is InChI=1S/C11H10F2N2O3/c1-17-10(16)8-6(4-14)2-3-7(5-15)9(8)18-11(12)13/h2-3,11H,5,15H2,1H3. The molecule has 0 unspecified atom stereocenters. The Hall–Kier alpha value is -2.20. The highest BCUT2D eigenvalue weighted by Crippen LogP contribution is 2.29. The van der Waals surface area contributed by atoms with Gasteiger partial charge in [-0.05, 0) is 6.07 Å². The molecule has 0 radical (unpaired) electrons. The van der Waals surface area contributed by atoms with E-state index >= 15 is 0 Å². The molecule has 0 aliphatic heterocycles. The van der Waals surface area contributed by atoms with Crippen molar-refractivity contribution in [2.75, 3.05) is 7.11 Å². The van der Waals surface area contributed by atoms with E-state index in [2.05, 4.69) is 9.47 Å². The molecule has 1 rings (SSSR count). The van der Waals surface area contributed by atoms with Gasteiger partial charge in [0.25, 0.3) is 0 Å². The van der Waals surface area contributed by atoms with Crippen molar-refractivity contribution in [2.45, 2.75) is 13.2 Å². The Morgan fingerprint density at radius 1 is 1.56 bits per heavy atom. The van der Waals surface area contributed by atoms with Crippen LogP contribution in [0.5, 0.6) is 5.75 Å². The Morgan fingerprint density at radius 2 is 2.22 bits per heavy atom. The molecule has 0 heterocycles. The fourth-order valence-corrected chi connectivity index (χ4v) is 1.41. The molecule has 0 amide bonds. The zero-order valence-corrected chi connectivity index (χ0v) is 9.44. The van der Waals surface area contributed by atoms with Crippen LogP contribution in [0.1, 0.15) is 21.5 Å². The van der Waals surface area contributed by atoms with E-state index in [4.69, 9.17) is 11.0 Å². The molecule has 1 aromatic rings. The van der Waals surface area contributed by atoms with E-state index in [1.807, 2.05) is 0 Å². The van der Waals surface area contributed by atoms with Crippen LogP contribution < -0.4 is 10.5 Å². The molecule has 5 nitrogen and oxygen atoms in total. The van der Waals surface area contributed by atoms with Crippen molar-refractivity contribution in [3.63, 3.8) is 0 Å². The third-order valence-corrected chi connectivity index (χ3v) is 2.18. The van der Waals surface area contributed by atoms with Gasteiger partial charge in [-0.3, -0.25) is 0 Å². The van der Waals surface area contributed by atoms with Gasteiger partial charge in [0.15, 0.2) is 0 Å². The summed E-state index contributed by atoms with van der Waals surface area (Å²) in [5.74, 6) is -1.35. The number of carbonyl (C=O) groups excluding carboxylic acids is 1. The van der Waals surface area contributed by atoms with Crippen LogP contribution in [0, 0.1) is 11.3 Å². The summed E-state index contributed by atoms with van der Waals surface area (Å²) < 4.78 is 33.4. The van der Waals surface area contributed by atoms with E-state index in [9.17, 15) is 13.6 Å². The number of methoxy groups -OCH3 is 1.